The Morgan fingerprint density at radius 3 is 2.19 bits per heavy atom. The number of hydrogen-bond acceptors (Lipinski definition) is 2. The first-order valence-electron chi connectivity index (χ1n) is 6.89. The number of unbranched alkanes of at least 4 members (excludes halogenated alkanes) is 1. The summed E-state index contributed by atoms with van der Waals surface area (Å²) < 4.78 is 0. The van der Waals surface area contributed by atoms with Crippen LogP contribution in [0.15, 0.2) is 0 Å². The van der Waals surface area contributed by atoms with Gasteiger partial charge in [0.15, 0.2) is 0 Å². The molecule has 0 aromatic heterocycles. The van der Waals surface area contributed by atoms with Crippen molar-refractivity contribution >= 4 is 0 Å². The van der Waals surface area contributed by atoms with Crippen molar-refractivity contribution in [3.63, 3.8) is 0 Å². The summed E-state index contributed by atoms with van der Waals surface area (Å²) in [6, 6.07) is 0.716. The Hall–Kier alpha value is -0.0800. The summed E-state index contributed by atoms with van der Waals surface area (Å²) >= 11 is 0. The van der Waals surface area contributed by atoms with Crippen molar-refractivity contribution in [1.29, 1.82) is 0 Å². The Kier molecular flexibility index (Phi) is 8.04. The van der Waals surface area contributed by atoms with Crippen molar-refractivity contribution in [3.8, 4) is 0 Å². The van der Waals surface area contributed by atoms with E-state index in [1.807, 2.05) is 0 Å². The maximum absolute atomic E-state index is 3.57. The zero-order valence-corrected chi connectivity index (χ0v) is 12.3. The van der Waals surface area contributed by atoms with Gasteiger partial charge in [-0.2, -0.15) is 0 Å². The van der Waals surface area contributed by atoms with Gasteiger partial charge in [0.05, 0.1) is 0 Å². The third-order valence-electron chi connectivity index (χ3n) is 3.07. The summed E-state index contributed by atoms with van der Waals surface area (Å²) in [5.74, 6) is 0. The maximum Gasteiger partial charge on any atom is 0.0110 e. The van der Waals surface area contributed by atoms with Gasteiger partial charge in [-0.15, -0.1) is 0 Å². The summed E-state index contributed by atoms with van der Waals surface area (Å²) in [7, 11) is 0. The van der Waals surface area contributed by atoms with Crippen LogP contribution in [0.3, 0.4) is 0 Å². The van der Waals surface area contributed by atoms with Crippen LogP contribution in [0.1, 0.15) is 60.8 Å². The third kappa shape index (κ3) is 8.12. The molecule has 0 spiro atoms. The summed E-state index contributed by atoms with van der Waals surface area (Å²) in [6.07, 6.45) is 3.86. The molecule has 2 heteroatoms. The topological polar surface area (TPSA) is 15.3 Å². The molecule has 0 saturated heterocycles. The maximum atomic E-state index is 3.57. The van der Waals surface area contributed by atoms with Gasteiger partial charge in [-0.05, 0) is 47.1 Å². The molecule has 2 nitrogen and oxygen atoms in total. The molecule has 0 saturated carbocycles. The van der Waals surface area contributed by atoms with Crippen LogP contribution < -0.4 is 5.32 Å². The predicted octanol–water partition coefficient (Wildman–Crippen LogP) is 3.28. The minimum absolute atomic E-state index is 0.242. The lowest BCUT2D eigenvalue weighted by molar-refractivity contribution is 0.195. The van der Waals surface area contributed by atoms with Crippen molar-refractivity contribution < 1.29 is 0 Å². The molecule has 1 N–H and O–H groups in total. The first kappa shape index (κ1) is 15.9. The minimum Gasteiger partial charge on any atom is -0.311 e. The Balaban J connectivity index is 3.91. The van der Waals surface area contributed by atoms with Crippen LogP contribution in [-0.2, 0) is 0 Å². The van der Waals surface area contributed by atoms with E-state index in [0.29, 0.717) is 6.04 Å². The third-order valence-corrected chi connectivity index (χ3v) is 3.07. The van der Waals surface area contributed by atoms with E-state index in [-0.39, 0.29) is 5.54 Å². The lowest BCUT2D eigenvalue weighted by atomic mass is 10.1. The second kappa shape index (κ2) is 8.08. The van der Waals surface area contributed by atoms with Crippen molar-refractivity contribution in [3.05, 3.63) is 0 Å². The highest BCUT2D eigenvalue weighted by Crippen LogP contribution is 2.05. The van der Waals surface area contributed by atoms with Crippen molar-refractivity contribution in [1.82, 2.24) is 10.2 Å². The first-order valence-corrected chi connectivity index (χ1v) is 6.89. The molecule has 0 amide bonds. The van der Waals surface area contributed by atoms with Gasteiger partial charge in [-0.1, -0.05) is 20.3 Å². The highest BCUT2D eigenvalue weighted by Gasteiger charge is 2.13. The molecule has 0 bridgehead atoms. The van der Waals surface area contributed by atoms with Crippen LogP contribution >= 0.6 is 0 Å². The Morgan fingerprint density at radius 1 is 1.12 bits per heavy atom. The van der Waals surface area contributed by atoms with Crippen LogP contribution in [0, 0.1) is 0 Å². The van der Waals surface area contributed by atoms with Gasteiger partial charge in [0, 0.05) is 24.7 Å². The van der Waals surface area contributed by atoms with Gasteiger partial charge in [-0.3, -0.25) is 4.90 Å². The first-order chi connectivity index (χ1) is 7.40. The van der Waals surface area contributed by atoms with E-state index in [2.05, 4.69) is 51.8 Å². The SMILES string of the molecule is CCCCN(CCNC(C)(C)C)C(C)CC. The fourth-order valence-electron chi connectivity index (χ4n) is 1.75. The molecule has 0 aliphatic carbocycles. The fourth-order valence-corrected chi connectivity index (χ4v) is 1.75. The van der Waals surface area contributed by atoms with E-state index in [0.717, 1.165) is 6.54 Å². The van der Waals surface area contributed by atoms with E-state index in [9.17, 15) is 0 Å². The monoisotopic (exact) mass is 228 g/mol. The van der Waals surface area contributed by atoms with Crippen LogP contribution in [-0.4, -0.2) is 36.1 Å². The van der Waals surface area contributed by atoms with Crippen LogP contribution in [0.5, 0.6) is 0 Å². The minimum atomic E-state index is 0.242. The lowest BCUT2D eigenvalue weighted by Gasteiger charge is -2.30. The molecule has 98 valence electrons. The number of rotatable bonds is 8. The van der Waals surface area contributed by atoms with Gasteiger partial charge in [0.1, 0.15) is 0 Å². The second-order valence-electron chi connectivity index (χ2n) is 5.82. The van der Waals surface area contributed by atoms with E-state index in [4.69, 9.17) is 0 Å². The Labute approximate surface area is 103 Å². The van der Waals surface area contributed by atoms with Crippen molar-refractivity contribution in [2.24, 2.45) is 0 Å². The second-order valence-corrected chi connectivity index (χ2v) is 5.82. The highest BCUT2D eigenvalue weighted by atomic mass is 15.2. The summed E-state index contributed by atoms with van der Waals surface area (Å²) in [5.41, 5.74) is 0.242. The zero-order valence-electron chi connectivity index (χ0n) is 12.3. The number of nitrogens with one attached hydrogen (secondary N) is 1. The van der Waals surface area contributed by atoms with Gasteiger partial charge in [0.2, 0.25) is 0 Å². The van der Waals surface area contributed by atoms with Gasteiger partial charge >= 0.3 is 0 Å². The quantitative estimate of drug-likeness (QED) is 0.686. The summed E-state index contributed by atoms with van der Waals surface area (Å²) in [5, 5.41) is 3.57. The standard InChI is InChI=1S/C14H32N2/c1-7-9-11-16(13(3)8-2)12-10-15-14(4,5)6/h13,15H,7-12H2,1-6H3. The van der Waals surface area contributed by atoms with Crippen molar-refractivity contribution in [2.75, 3.05) is 19.6 Å². The van der Waals surface area contributed by atoms with Gasteiger partial charge in [-0.25, -0.2) is 0 Å². The Bertz CT molecular complexity index is 161. The number of nitrogens with zero attached hydrogens (tertiary/aromatic N) is 1. The van der Waals surface area contributed by atoms with E-state index < -0.39 is 0 Å². The normalized spacial score (nSPS) is 14.4. The zero-order chi connectivity index (χ0) is 12.6. The molecule has 1 atom stereocenters. The van der Waals surface area contributed by atoms with E-state index in [1.165, 1.54) is 32.4 Å². The molecule has 0 rings (SSSR count). The van der Waals surface area contributed by atoms with Gasteiger partial charge < -0.3 is 5.32 Å². The average Bonchev–Trinajstić information content (AvgIpc) is 2.20. The van der Waals surface area contributed by atoms with E-state index in [1.54, 1.807) is 0 Å². The predicted molar refractivity (Wildman–Crippen MR) is 74.0 cm³/mol. The molecule has 0 fully saturated rings. The van der Waals surface area contributed by atoms with Crippen molar-refractivity contribution in [2.45, 2.75) is 72.4 Å². The summed E-state index contributed by atoms with van der Waals surface area (Å²) in [6.45, 7) is 17.1. The molecule has 0 radical (unpaired) electrons. The average molecular weight is 228 g/mol. The summed E-state index contributed by atoms with van der Waals surface area (Å²) in [4.78, 5) is 2.61. The fraction of sp³-hybridized carbons (Fsp3) is 1.00. The molecule has 0 aromatic rings. The van der Waals surface area contributed by atoms with Crippen LogP contribution in [0.4, 0.5) is 0 Å². The smallest absolute Gasteiger partial charge is 0.0110 e. The molecule has 1 unspecified atom stereocenters. The molecule has 16 heavy (non-hydrogen) atoms. The molecule has 0 aromatic carbocycles. The number of hydrogen-bond donors (Lipinski definition) is 1. The van der Waals surface area contributed by atoms with Gasteiger partial charge in [0.25, 0.3) is 0 Å². The van der Waals surface area contributed by atoms with E-state index >= 15 is 0 Å². The lowest BCUT2D eigenvalue weighted by Crippen LogP contribution is -2.44. The molecule has 0 heterocycles. The molecular weight excluding hydrogens is 196 g/mol. The molecule has 0 aliphatic rings. The Morgan fingerprint density at radius 2 is 1.75 bits per heavy atom. The highest BCUT2D eigenvalue weighted by molar-refractivity contribution is 4.73. The molecule has 0 aliphatic heterocycles. The molecular formula is C14H32N2. The van der Waals surface area contributed by atoms with Crippen LogP contribution in [0.2, 0.25) is 0 Å². The largest absolute Gasteiger partial charge is 0.311 e. The van der Waals surface area contributed by atoms with Crippen LogP contribution in [0.25, 0.3) is 0 Å².